The number of imidazole rings is 1. The summed E-state index contributed by atoms with van der Waals surface area (Å²) in [5, 5.41) is 12.6. The number of fused-ring (bicyclic) bond motifs is 1. The van der Waals surface area contributed by atoms with E-state index in [-0.39, 0.29) is 11.4 Å². The molecule has 0 saturated heterocycles. The molecular formula is C20H14FN3O2. The summed E-state index contributed by atoms with van der Waals surface area (Å²) in [5.41, 5.74) is 2.03. The van der Waals surface area contributed by atoms with Crippen molar-refractivity contribution in [1.29, 1.82) is 0 Å². The molecule has 5 nitrogen and oxygen atoms in total. The predicted octanol–water partition coefficient (Wildman–Crippen LogP) is 4.33. The van der Waals surface area contributed by atoms with E-state index in [1.165, 1.54) is 12.1 Å². The number of phenolic OH excluding ortho intramolecular Hbond substituents is 1. The first kappa shape index (κ1) is 15.8. The van der Waals surface area contributed by atoms with Crippen LogP contribution in [-0.2, 0) is 0 Å². The number of carbonyl (C=O) groups excluding carboxylic acids is 1. The van der Waals surface area contributed by atoms with E-state index in [2.05, 4.69) is 15.3 Å². The lowest BCUT2D eigenvalue weighted by Crippen LogP contribution is -2.13. The van der Waals surface area contributed by atoms with Gasteiger partial charge in [0.05, 0.1) is 22.3 Å². The van der Waals surface area contributed by atoms with Crippen molar-refractivity contribution in [3.8, 4) is 17.1 Å². The number of benzene rings is 3. The largest absolute Gasteiger partial charge is 0.507 e. The van der Waals surface area contributed by atoms with Crippen molar-refractivity contribution in [2.45, 2.75) is 0 Å². The van der Waals surface area contributed by atoms with Crippen molar-refractivity contribution in [3.63, 3.8) is 0 Å². The van der Waals surface area contributed by atoms with Crippen LogP contribution in [0.4, 0.5) is 10.1 Å². The van der Waals surface area contributed by atoms with E-state index in [1.807, 2.05) is 0 Å². The molecule has 6 heteroatoms. The lowest BCUT2D eigenvalue weighted by atomic mass is 10.1. The number of halogens is 1. The average molecular weight is 347 g/mol. The van der Waals surface area contributed by atoms with Crippen LogP contribution >= 0.6 is 0 Å². The standard InChI is InChI=1S/C20H14FN3O2/c21-14-8-2-3-9-15(14)23-20(26)13-7-5-10-16-18(13)24-19(22-16)12-6-1-4-11-17(12)25/h1-11,25H,(H,22,24)(H,23,26). The Morgan fingerprint density at radius 3 is 2.58 bits per heavy atom. The lowest BCUT2D eigenvalue weighted by molar-refractivity contribution is 0.102. The molecule has 1 amide bonds. The summed E-state index contributed by atoms with van der Waals surface area (Å²) < 4.78 is 13.8. The Morgan fingerprint density at radius 1 is 1.00 bits per heavy atom. The Morgan fingerprint density at radius 2 is 1.77 bits per heavy atom. The quantitative estimate of drug-likeness (QED) is 0.516. The lowest BCUT2D eigenvalue weighted by Gasteiger charge is -2.06. The van der Waals surface area contributed by atoms with Crippen LogP contribution in [0.15, 0.2) is 66.7 Å². The fourth-order valence-corrected chi connectivity index (χ4v) is 2.77. The maximum Gasteiger partial charge on any atom is 0.258 e. The van der Waals surface area contributed by atoms with Crippen molar-refractivity contribution >= 4 is 22.6 Å². The van der Waals surface area contributed by atoms with Crippen LogP contribution in [0, 0.1) is 5.82 Å². The third kappa shape index (κ3) is 2.77. The van der Waals surface area contributed by atoms with Gasteiger partial charge in [0.2, 0.25) is 0 Å². The SMILES string of the molecule is O=C(Nc1ccccc1F)c1cccc2[nH]c(-c3ccccc3O)nc12. The molecule has 0 atom stereocenters. The van der Waals surface area contributed by atoms with Crippen LogP contribution in [-0.4, -0.2) is 21.0 Å². The molecule has 0 aliphatic carbocycles. The first-order valence-corrected chi connectivity index (χ1v) is 7.96. The first-order chi connectivity index (χ1) is 12.6. The van der Waals surface area contributed by atoms with Crippen molar-refractivity contribution < 1.29 is 14.3 Å². The molecule has 0 bridgehead atoms. The van der Waals surface area contributed by atoms with Gasteiger partial charge in [-0.1, -0.05) is 30.3 Å². The summed E-state index contributed by atoms with van der Waals surface area (Å²) in [7, 11) is 0. The summed E-state index contributed by atoms with van der Waals surface area (Å²) in [6, 6.07) is 17.9. The number of aromatic nitrogens is 2. The maximum atomic E-state index is 13.8. The number of carbonyl (C=O) groups is 1. The van der Waals surface area contributed by atoms with E-state index in [9.17, 15) is 14.3 Å². The van der Waals surface area contributed by atoms with Crippen molar-refractivity contribution in [1.82, 2.24) is 9.97 Å². The fraction of sp³-hybridized carbons (Fsp3) is 0. The summed E-state index contributed by atoms with van der Waals surface area (Å²) >= 11 is 0. The molecule has 0 radical (unpaired) electrons. The first-order valence-electron chi connectivity index (χ1n) is 7.96. The zero-order chi connectivity index (χ0) is 18.1. The van der Waals surface area contributed by atoms with E-state index in [0.29, 0.717) is 28.0 Å². The number of nitrogens with one attached hydrogen (secondary N) is 2. The number of rotatable bonds is 3. The van der Waals surface area contributed by atoms with Gasteiger partial charge in [-0.15, -0.1) is 0 Å². The molecule has 4 aromatic rings. The minimum absolute atomic E-state index is 0.0870. The molecule has 0 aliphatic heterocycles. The monoisotopic (exact) mass is 347 g/mol. The minimum atomic E-state index is -0.509. The van der Waals surface area contributed by atoms with Gasteiger partial charge < -0.3 is 15.4 Å². The van der Waals surface area contributed by atoms with Crippen LogP contribution in [0.3, 0.4) is 0 Å². The number of anilines is 1. The number of aromatic hydroxyl groups is 1. The van der Waals surface area contributed by atoms with Gasteiger partial charge in [0.25, 0.3) is 5.91 Å². The summed E-state index contributed by atoms with van der Waals surface area (Å²) in [4.78, 5) is 20.2. The average Bonchev–Trinajstić information content (AvgIpc) is 3.07. The second kappa shape index (κ2) is 6.33. The minimum Gasteiger partial charge on any atom is -0.507 e. The highest BCUT2D eigenvalue weighted by atomic mass is 19.1. The third-order valence-electron chi connectivity index (χ3n) is 4.04. The highest BCUT2D eigenvalue weighted by Crippen LogP contribution is 2.29. The van der Waals surface area contributed by atoms with Crippen molar-refractivity contribution in [2.24, 2.45) is 0 Å². The van der Waals surface area contributed by atoms with Crippen molar-refractivity contribution in [2.75, 3.05) is 5.32 Å². The Kier molecular flexibility index (Phi) is 3.85. The zero-order valence-corrected chi connectivity index (χ0v) is 13.5. The van der Waals surface area contributed by atoms with E-state index >= 15 is 0 Å². The molecule has 1 heterocycles. The van der Waals surface area contributed by atoms with Crippen LogP contribution in [0.5, 0.6) is 5.75 Å². The summed E-state index contributed by atoms with van der Waals surface area (Å²) in [5.74, 6) is -0.436. The van der Waals surface area contributed by atoms with Gasteiger partial charge in [0.1, 0.15) is 22.9 Å². The summed E-state index contributed by atoms with van der Waals surface area (Å²) in [6.07, 6.45) is 0. The molecular weight excluding hydrogens is 333 g/mol. The van der Waals surface area contributed by atoms with Gasteiger partial charge in [0, 0.05) is 0 Å². The van der Waals surface area contributed by atoms with Crippen molar-refractivity contribution in [3.05, 3.63) is 78.1 Å². The van der Waals surface area contributed by atoms with E-state index in [4.69, 9.17) is 0 Å². The molecule has 0 saturated carbocycles. The van der Waals surface area contributed by atoms with E-state index in [0.717, 1.165) is 0 Å². The number of hydrogen-bond donors (Lipinski definition) is 3. The molecule has 0 spiro atoms. The fourth-order valence-electron chi connectivity index (χ4n) is 2.77. The Labute approximate surface area is 148 Å². The number of hydrogen-bond acceptors (Lipinski definition) is 3. The van der Waals surface area contributed by atoms with Gasteiger partial charge in [-0.3, -0.25) is 4.79 Å². The predicted molar refractivity (Wildman–Crippen MR) is 97.5 cm³/mol. The second-order valence-electron chi connectivity index (χ2n) is 5.74. The van der Waals surface area contributed by atoms with Gasteiger partial charge in [-0.2, -0.15) is 0 Å². The van der Waals surface area contributed by atoms with Crippen LogP contribution in [0.1, 0.15) is 10.4 Å². The van der Waals surface area contributed by atoms with Crippen LogP contribution < -0.4 is 5.32 Å². The number of H-pyrrole nitrogens is 1. The van der Waals surface area contributed by atoms with Gasteiger partial charge in [0.15, 0.2) is 0 Å². The molecule has 3 aromatic carbocycles. The van der Waals surface area contributed by atoms with Gasteiger partial charge >= 0.3 is 0 Å². The number of aromatic amines is 1. The van der Waals surface area contributed by atoms with Gasteiger partial charge in [-0.05, 0) is 36.4 Å². The normalized spacial score (nSPS) is 10.8. The molecule has 0 aliphatic rings. The third-order valence-corrected chi connectivity index (χ3v) is 4.04. The number of para-hydroxylation sites is 3. The number of amides is 1. The molecule has 1 aromatic heterocycles. The van der Waals surface area contributed by atoms with E-state index in [1.54, 1.807) is 54.6 Å². The molecule has 4 rings (SSSR count). The Hall–Kier alpha value is -3.67. The number of phenols is 1. The van der Waals surface area contributed by atoms with Gasteiger partial charge in [-0.25, -0.2) is 9.37 Å². The Balaban J connectivity index is 1.75. The van der Waals surface area contributed by atoms with E-state index < -0.39 is 11.7 Å². The molecule has 128 valence electrons. The molecule has 3 N–H and O–H groups in total. The number of nitrogens with zero attached hydrogens (tertiary/aromatic N) is 1. The topological polar surface area (TPSA) is 78.0 Å². The zero-order valence-electron chi connectivity index (χ0n) is 13.5. The maximum absolute atomic E-state index is 13.8. The summed E-state index contributed by atoms with van der Waals surface area (Å²) in [6.45, 7) is 0. The molecule has 0 unspecified atom stereocenters. The smallest absolute Gasteiger partial charge is 0.258 e. The van der Waals surface area contributed by atoms with Crippen LogP contribution in [0.2, 0.25) is 0 Å². The molecule has 0 fully saturated rings. The van der Waals surface area contributed by atoms with Crippen LogP contribution in [0.25, 0.3) is 22.4 Å². The molecule has 26 heavy (non-hydrogen) atoms. The Bertz CT molecular complexity index is 1120. The second-order valence-corrected chi connectivity index (χ2v) is 5.74. The highest BCUT2D eigenvalue weighted by Gasteiger charge is 2.16. The highest BCUT2D eigenvalue weighted by molar-refractivity contribution is 6.11.